The fourth-order valence-electron chi connectivity index (χ4n) is 3.13. The molecular weight excluding hydrogens is 322 g/mol. The molecule has 6 heteroatoms. The number of amides is 1. The first kappa shape index (κ1) is 16.9. The Morgan fingerprint density at radius 2 is 2.00 bits per heavy atom. The summed E-state index contributed by atoms with van der Waals surface area (Å²) < 4.78 is 1.83. The number of nitrogens with one attached hydrogen (secondary N) is 2. The minimum absolute atomic E-state index is 0.0627. The fourth-order valence-corrected chi connectivity index (χ4v) is 4.25. The van der Waals surface area contributed by atoms with Gasteiger partial charge in [0.15, 0.2) is 0 Å². The summed E-state index contributed by atoms with van der Waals surface area (Å²) in [5.74, 6) is 0.906. The van der Waals surface area contributed by atoms with Gasteiger partial charge in [-0.3, -0.25) is 19.4 Å². The highest BCUT2D eigenvalue weighted by molar-refractivity contribution is 8.00. The lowest BCUT2D eigenvalue weighted by atomic mass is 10.0. The summed E-state index contributed by atoms with van der Waals surface area (Å²) in [6.45, 7) is 6.21. The molecule has 24 heavy (non-hydrogen) atoms. The number of carbonyl (C=O) groups is 1. The Hall–Kier alpha value is -1.95. The number of fused-ring (bicyclic) bond motifs is 1. The normalized spacial score (nSPS) is 18.6. The number of anilines is 1. The van der Waals surface area contributed by atoms with Crippen molar-refractivity contribution in [1.82, 2.24) is 9.78 Å². The van der Waals surface area contributed by atoms with Crippen LogP contribution in [-0.4, -0.2) is 21.4 Å². The highest BCUT2D eigenvalue weighted by Crippen LogP contribution is 2.40. The second-order valence-corrected chi connectivity index (χ2v) is 7.45. The standard InChI is InChI=1S/C18H23N3O2S/c1-4-5-12(3)21-17-15(18(23)20-21)16(24-10-14(22)19-17)13-8-6-11(2)7-9-13/h6-9,12,16H,4-5,10H2,1-3H3,(H,19,22)(H,20,23)/t12-,16-/m1/s1. The van der Waals surface area contributed by atoms with Crippen molar-refractivity contribution >= 4 is 23.5 Å². The smallest absolute Gasteiger partial charge is 0.270 e. The molecule has 0 bridgehead atoms. The maximum atomic E-state index is 12.7. The Kier molecular flexibility index (Phi) is 4.85. The number of hydrogen-bond acceptors (Lipinski definition) is 3. The average molecular weight is 345 g/mol. The van der Waals surface area contributed by atoms with Gasteiger partial charge in [0, 0.05) is 6.04 Å². The largest absolute Gasteiger partial charge is 0.310 e. The molecule has 0 saturated carbocycles. The van der Waals surface area contributed by atoms with Crippen LogP contribution in [0.25, 0.3) is 0 Å². The molecule has 1 aliphatic heterocycles. The summed E-state index contributed by atoms with van der Waals surface area (Å²) in [7, 11) is 0. The number of thioether (sulfide) groups is 1. The lowest BCUT2D eigenvalue weighted by Crippen LogP contribution is -2.18. The van der Waals surface area contributed by atoms with Gasteiger partial charge in [0.2, 0.25) is 5.91 Å². The van der Waals surface area contributed by atoms with Crippen molar-refractivity contribution in [2.45, 2.75) is 44.9 Å². The molecule has 3 rings (SSSR count). The number of hydrogen-bond donors (Lipinski definition) is 2. The minimum Gasteiger partial charge on any atom is -0.310 e. The highest BCUT2D eigenvalue weighted by atomic mass is 32.2. The maximum Gasteiger partial charge on any atom is 0.270 e. The van der Waals surface area contributed by atoms with Crippen LogP contribution in [0, 0.1) is 6.92 Å². The number of H-pyrrole nitrogens is 1. The predicted octanol–water partition coefficient (Wildman–Crippen LogP) is 3.62. The monoisotopic (exact) mass is 345 g/mol. The van der Waals surface area contributed by atoms with Gasteiger partial charge < -0.3 is 5.32 Å². The van der Waals surface area contributed by atoms with Crippen molar-refractivity contribution in [1.29, 1.82) is 0 Å². The summed E-state index contributed by atoms with van der Waals surface area (Å²) in [4.78, 5) is 24.8. The van der Waals surface area contributed by atoms with Gasteiger partial charge in [0.25, 0.3) is 5.56 Å². The first-order chi connectivity index (χ1) is 11.5. The minimum atomic E-state index is -0.140. The molecule has 0 spiro atoms. The molecule has 0 saturated heterocycles. The van der Waals surface area contributed by atoms with E-state index in [0.717, 1.165) is 18.4 Å². The molecule has 1 aliphatic rings. The number of carbonyl (C=O) groups excluding carboxylic acids is 1. The van der Waals surface area contributed by atoms with E-state index in [4.69, 9.17) is 0 Å². The molecule has 2 atom stereocenters. The maximum absolute atomic E-state index is 12.7. The van der Waals surface area contributed by atoms with Crippen molar-refractivity contribution in [3.63, 3.8) is 0 Å². The number of rotatable bonds is 4. The van der Waals surface area contributed by atoms with Crippen LogP contribution in [0.3, 0.4) is 0 Å². The van der Waals surface area contributed by atoms with Crippen LogP contribution < -0.4 is 10.9 Å². The second-order valence-electron chi connectivity index (χ2n) is 6.36. The van der Waals surface area contributed by atoms with E-state index in [1.165, 1.54) is 17.3 Å². The van der Waals surface area contributed by atoms with E-state index < -0.39 is 0 Å². The molecule has 2 heterocycles. The zero-order chi connectivity index (χ0) is 17.3. The zero-order valence-corrected chi connectivity index (χ0v) is 15.1. The molecule has 2 N–H and O–H groups in total. The molecule has 1 aromatic carbocycles. The van der Waals surface area contributed by atoms with Crippen molar-refractivity contribution in [2.24, 2.45) is 0 Å². The predicted molar refractivity (Wildman–Crippen MR) is 98.8 cm³/mol. The van der Waals surface area contributed by atoms with E-state index in [1.54, 1.807) is 0 Å². The molecule has 1 aromatic heterocycles. The summed E-state index contributed by atoms with van der Waals surface area (Å²) in [6, 6.07) is 8.30. The molecule has 0 aliphatic carbocycles. The molecule has 1 amide bonds. The first-order valence-electron chi connectivity index (χ1n) is 8.33. The Balaban J connectivity index is 2.11. The number of benzene rings is 1. The van der Waals surface area contributed by atoms with Crippen molar-refractivity contribution < 1.29 is 4.79 Å². The Morgan fingerprint density at radius 1 is 1.29 bits per heavy atom. The summed E-state index contributed by atoms with van der Waals surface area (Å²) in [5.41, 5.74) is 2.76. The number of nitrogens with zero attached hydrogens (tertiary/aromatic N) is 1. The molecule has 2 aromatic rings. The van der Waals surface area contributed by atoms with Gasteiger partial charge in [-0.05, 0) is 25.8 Å². The molecule has 0 fully saturated rings. The van der Waals surface area contributed by atoms with Gasteiger partial charge >= 0.3 is 0 Å². The van der Waals surface area contributed by atoms with E-state index in [2.05, 4.69) is 24.3 Å². The SMILES string of the molecule is CCC[C@@H](C)n1[nH]c(=O)c2c1NC(=O)CS[C@@H]2c1ccc(C)cc1. The van der Waals surface area contributed by atoms with Gasteiger partial charge in [-0.2, -0.15) is 0 Å². The van der Waals surface area contributed by atoms with E-state index in [0.29, 0.717) is 17.1 Å². The fraction of sp³-hybridized carbons (Fsp3) is 0.444. The lowest BCUT2D eigenvalue weighted by Gasteiger charge is -2.17. The van der Waals surface area contributed by atoms with Crippen LogP contribution in [0.4, 0.5) is 5.82 Å². The van der Waals surface area contributed by atoms with Crippen molar-refractivity contribution in [3.8, 4) is 0 Å². The third kappa shape index (κ3) is 3.15. The Labute approximate surface area is 145 Å². The summed E-state index contributed by atoms with van der Waals surface area (Å²) in [5, 5.41) is 5.73. The zero-order valence-electron chi connectivity index (χ0n) is 14.3. The number of aryl methyl sites for hydroxylation is 1. The van der Waals surface area contributed by atoms with Crippen LogP contribution in [0.15, 0.2) is 29.1 Å². The summed E-state index contributed by atoms with van der Waals surface area (Å²) in [6.07, 6.45) is 1.95. The van der Waals surface area contributed by atoms with Gasteiger partial charge in [-0.15, -0.1) is 11.8 Å². The molecule has 5 nitrogen and oxygen atoms in total. The van der Waals surface area contributed by atoms with Crippen molar-refractivity contribution in [3.05, 3.63) is 51.3 Å². The molecule has 0 unspecified atom stereocenters. The summed E-state index contributed by atoms with van der Waals surface area (Å²) >= 11 is 1.50. The third-order valence-corrected chi connectivity index (χ3v) is 5.66. The second kappa shape index (κ2) is 6.89. The number of aromatic nitrogens is 2. The van der Waals surface area contributed by atoms with Crippen LogP contribution in [0.1, 0.15) is 54.7 Å². The van der Waals surface area contributed by atoms with Gasteiger partial charge in [0.05, 0.1) is 16.6 Å². The quantitative estimate of drug-likeness (QED) is 0.889. The first-order valence-corrected chi connectivity index (χ1v) is 9.38. The van der Waals surface area contributed by atoms with Gasteiger partial charge in [0.1, 0.15) is 5.82 Å². The average Bonchev–Trinajstić information content (AvgIpc) is 2.75. The van der Waals surface area contributed by atoms with Crippen LogP contribution >= 0.6 is 11.8 Å². The van der Waals surface area contributed by atoms with Gasteiger partial charge in [-0.1, -0.05) is 43.2 Å². The highest BCUT2D eigenvalue weighted by Gasteiger charge is 2.31. The Bertz CT molecular complexity index is 792. The number of aromatic amines is 1. The van der Waals surface area contributed by atoms with Gasteiger partial charge in [-0.25, -0.2) is 0 Å². The van der Waals surface area contributed by atoms with Crippen LogP contribution in [0.5, 0.6) is 0 Å². The lowest BCUT2D eigenvalue weighted by molar-refractivity contribution is -0.113. The molecule has 0 radical (unpaired) electrons. The van der Waals surface area contributed by atoms with Crippen molar-refractivity contribution in [2.75, 3.05) is 11.1 Å². The molecular formula is C18H23N3O2S. The molecule has 128 valence electrons. The topological polar surface area (TPSA) is 66.9 Å². The van der Waals surface area contributed by atoms with E-state index in [-0.39, 0.29) is 22.8 Å². The van der Waals surface area contributed by atoms with Crippen LogP contribution in [-0.2, 0) is 4.79 Å². The third-order valence-electron chi connectivity index (χ3n) is 4.39. The Morgan fingerprint density at radius 3 is 2.67 bits per heavy atom. The van der Waals surface area contributed by atoms with E-state index >= 15 is 0 Å². The van der Waals surface area contributed by atoms with E-state index in [1.807, 2.05) is 35.9 Å². The van der Waals surface area contributed by atoms with Crippen LogP contribution in [0.2, 0.25) is 0 Å². The van der Waals surface area contributed by atoms with E-state index in [9.17, 15) is 9.59 Å².